The van der Waals surface area contributed by atoms with Gasteiger partial charge in [0.25, 0.3) is 5.91 Å². The zero-order valence-electron chi connectivity index (χ0n) is 24.4. The number of carbonyl (C=O) groups is 4. The maximum atomic E-state index is 14.1. The van der Waals surface area contributed by atoms with Crippen LogP contribution in [0.4, 0.5) is 10.5 Å². The molecule has 2 atom stereocenters. The van der Waals surface area contributed by atoms with Gasteiger partial charge in [0.1, 0.15) is 23.4 Å². The van der Waals surface area contributed by atoms with E-state index in [4.69, 9.17) is 21.6 Å². The molecule has 2 aromatic carbocycles. The van der Waals surface area contributed by atoms with Gasteiger partial charge in [-0.1, -0.05) is 37.8 Å². The van der Waals surface area contributed by atoms with E-state index in [9.17, 15) is 19.2 Å². The smallest absolute Gasteiger partial charge is 0.408 e. The van der Waals surface area contributed by atoms with Crippen LogP contribution in [0.15, 0.2) is 48.5 Å². The van der Waals surface area contributed by atoms with Crippen molar-refractivity contribution in [3.8, 4) is 18.1 Å². The molecule has 0 aliphatic rings. The van der Waals surface area contributed by atoms with Gasteiger partial charge in [0.15, 0.2) is 0 Å². The molecule has 2 rings (SSSR count). The fraction of sp³-hybridized carbons (Fsp3) is 0.419. The van der Waals surface area contributed by atoms with Crippen LogP contribution in [-0.2, 0) is 19.1 Å². The lowest BCUT2D eigenvalue weighted by Crippen LogP contribution is -2.53. The second kappa shape index (κ2) is 15.3. The summed E-state index contributed by atoms with van der Waals surface area (Å²) in [4.78, 5) is 53.9. The van der Waals surface area contributed by atoms with Crippen molar-refractivity contribution in [3.05, 3.63) is 59.7 Å². The first kappa shape index (κ1) is 32.7. The van der Waals surface area contributed by atoms with Crippen LogP contribution in [0.1, 0.15) is 70.5 Å². The molecular weight excluding hydrogens is 524 g/mol. The van der Waals surface area contributed by atoms with Gasteiger partial charge in [0.05, 0.1) is 13.5 Å². The summed E-state index contributed by atoms with van der Waals surface area (Å²) in [7, 11) is 1.54. The van der Waals surface area contributed by atoms with E-state index >= 15 is 0 Å². The number of benzene rings is 2. The number of amides is 4. The van der Waals surface area contributed by atoms with Crippen LogP contribution >= 0.6 is 0 Å². The molecule has 0 aliphatic heterocycles. The molecular formula is C31H40N4O6. The summed E-state index contributed by atoms with van der Waals surface area (Å²) in [6.45, 7) is 7.21. The summed E-state index contributed by atoms with van der Waals surface area (Å²) >= 11 is 0. The Kier molecular flexibility index (Phi) is 12.2. The number of nitrogens with zero attached hydrogens (tertiary/aromatic N) is 1. The van der Waals surface area contributed by atoms with Gasteiger partial charge in [-0.15, -0.1) is 6.42 Å². The van der Waals surface area contributed by atoms with Gasteiger partial charge in [0, 0.05) is 17.8 Å². The number of ether oxygens (including phenoxy) is 2. The minimum Gasteiger partial charge on any atom is -0.497 e. The largest absolute Gasteiger partial charge is 0.497 e. The first-order chi connectivity index (χ1) is 19.4. The van der Waals surface area contributed by atoms with Crippen LogP contribution in [0.5, 0.6) is 5.75 Å². The van der Waals surface area contributed by atoms with Crippen molar-refractivity contribution in [2.75, 3.05) is 19.0 Å². The average Bonchev–Trinajstić information content (AvgIpc) is 2.91. The molecule has 0 fully saturated rings. The van der Waals surface area contributed by atoms with Crippen LogP contribution in [0.3, 0.4) is 0 Å². The molecule has 2 unspecified atom stereocenters. The SMILES string of the molecule is C#Cc1ccc(C(C(=O)Nc2ccc(OC)cc2)N(CCCCC)C(=O)C(CC(N)=O)NC(=O)OC(C)(C)C)cc1. The van der Waals surface area contributed by atoms with Crippen molar-refractivity contribution < 1.29 is 28.7 Å². The highest BCUT2D eigenvalue weighted by atomic mass is 16.6. The Balaban J connectivity index is 2.55. The summed E-state index contributed by atoms with van der Waals surface area (Å²) < 4.78 is 10.5. The monoisotopic (exact) mass is 564 g/mol. The molecule has 0 heterocycles. The topological polar surface area (TPSA) is 140 Å². The van der Waals surface area contributed by atoms with E-state index in [1.165, 1.54) is 12.0 Å². The highest BCUT2D eigenvalue weighted by Gasteiger charge is 2.37. The standard InChI is InChI=1S/C31H40N4O6/c1-7-9-10-19-35(29(38)25(20-26(32)36)34-30(39)41-31(3,4)5)27(22-13-11-21(8-2)12-14-22)28(37)33-23-15-17-24(40-6)18-16-23/h2,11-18,25,27H,7,9-10,19-20H2,1,3-6H3,(H2,32,36)(H,33,37)(H,34,39). The number of primary amides is 1. The van der Waals surface area contributed by atoms with E-state index < -0.39 is 47.9 Å². The Hall–Kier alpha value is -4.52. The molecule has 41 heavy (non-hydrogen) atoms. The zero-order chi connectivity index (χ0) is 30.6. The molecule has 0 radical (unpaired) electrons. The minimum atomic E-state index is -1.36. The summed E-state index contributed by atoms with van der Waals surface area (Å²) in [5.41, 5.74) is 6.19. The lowest BCUT2D eigenvalue weighted by Gasteiger charge is -2.34. The Morgan fingerprint density at radius 2 is 1.66 bits per heavy atom. The second-order valence-corrected chi connectivity index (χ2v) is 10.5. The van der Waals surface area contributed by atoms with Crippen LogP contribution in [0.2, 0.25) is 0 Å². The Morgan fingerprint density at radius 3 is 2.17 bits per heavy atom. The van der Waals surface area contributed by atoms with Crippen LogP contribution in [0, 0.1) is 12.3 Å². The number of hydrogen-bond donors (Lipinski definition) is 3. The molecule has 4 N–H and O–H groups in total. The van der Waals surface area contributed by atoms with Gasteiger partial charge >= 0.3 is 6.09 Å². The number of nitrogens with one attached hydrogen (secondary N) is 2. The van der Waals surface area contributed by atoms with Crippen molar-refractivity contribution >= 4 is 29.5 Å². The number of alkyl carbamates (subject to hydrolysis) is 1. The highest BCUT2D eigenvalue weighted by molar-refractivity contribution is 5.99. The van der Waals surface area contributed by atoms with E-state index in [1.54, 1.807) is 69.3 Å². The molecule has 0 saturated heterocycles. The van der Waals surface area contributed by atoms with E-state index in [0.717, 1.165) is 12.8 Å². The van der Waals surface area contributed by atoms with Gasteiger partial charge in [0.2, 0.25) is 11.8 Å². The van der Waals surface area contributed by atoms with Crippen LogP contribution in [0.25, 0.3) is 0 Å². The maximum Gasteiger partial charge on any atom is 0.408 e. The third-order valence-corrected chi connectivity index (χ3v) is 5.99. The van der Waals surface area contributed by atoms with E-state index in [2.05, 4.69) is 16.6 Å². The summed E-state index contributed by atoms with van der Waals surface area (Å²) in [5, 5.41) is 5.34. The second-order valence-electron chi connectivity index (χ2n) is 10.5. The average molecular weight is 565 g/mol. The van der Waals surface area contributed by atoms with E-state index in [-0.39, 0.29) is 6.54 Å². The third-order valence-electron chi connectivity index (χ3n) is 5.99. The fourth-order valence-electron chi connectivity index (χ4n) is 4.07. The highest BCUT2D eigenvalue weighted by Crippen LogP contribution is 2.26. The Morgan fingerprint density at radius 1 is 1.02 bits per heavy atom. The lowest BCUT2D eigenvalue weighted by molar-refractivity contribution is -0.142. The molecule has 0 aliphatic carbocycles. The molecule has 0 bridgehead atoms. The van der Waals surface area contributed by atoms with E-state index in [1.807, 2.05) is 6.92 Å². The predicted molar refractivity (Wildman–Crippen MR) is 157 cm³/mol. The molecule has 0 aromatic heterocycles. The van der Waals surface area contributed by atoms with Gasteiger partial charge in [-0.2, -0.15) is 0 Å². The number of unbranched alkanes of at least 4 members (excludes halogenated alkanes) is 2. The van der Waals surface area contributed by atoms with Crippen LogP contribution < -0.4 is 21.1 Å². The normalized spacial score (nSPS) is 12.3. The summed E-state index contributed by atoms with van der Waals surface area (Å²) in [5.74, 6) is 1.21. The summed E-state index contributed by atoms with van der Waals surface area (Å²) in [6, 6.07) is 11.0. The number of methoxy groups -OCH3 is 1. The van der Waals surface area contributed by atoms with E-state index in [0.29, 0.717) is 29.0 Å². The first-order valence-corrected chi connectivity index (χ1v) is 13.5. The number of rotatable bonds is 13. The third kappa shape index (κ3) is 10.5. The molecule has 220 valence electrons. The number of hydrogen-bond acceptors (Lipinski definition) is 6. The molecule has 2 aromatic rings. The molecule has 10 heteroatoms. The molecule has 0 saturated carbocycles. The van der Waals surface area contributed by atoms with Gasteiger partial charge in [-0.25, -0.2) is 4.79 Å². The van der Waals surface area contributed by atoms with Gasteiger partial charge in [-0.05, 0) is 69.2 Å². The number of carbonyl (C=O) groups excluding carboxylic acids is 4. The quantitative estimate of drug-likeness (QED) is 0.247. The molecule has 10 nitrogen and oxygen atoms in total. The van der Waals surface area contributed by atoms with Gasteiger partial charge < -0.3 is 30.7 Å². The first-order valence-electron chi connectivity index (χ1n) is 13.5. The Bertz CT molecular complexity index is 1230. The molecule has 4 amide bonds. The van der Waals surface area contributed by atoms with Crippen molar-refractivity contribution in [2.24, 2.45) is 5.73 Å². The number of nitrogens with two attached hydrogens (primary N) is 1. The number of anilines is 1. The lowest BCUT2D eigenvalue weighted by atomic mass is 10.00. The minimum absolute atomic E-state index is 0.176. The fourth-order valence-corrected chi connectivity index (χ4v) is 4.07. The van der Waals surface area contributed by atoms with Crippen LogP contribution in [-0.4, -0.2) is 54.0 Å². The van der Waals surface area contributed by atoms with Crippen molar-refractivity contribution in [3.63, 3.8) is 0 Å². The number of terminal acetylenes is 1. The van der Waals surface area contributed by atoms with Crippen molar-refractivity contribution in [1.82, 2.24) is 10.2 Å². The van der Waals surface area contributed by atoms with Gasteiger partial charge in [-0.3, -0.25) is 14.4 Å². The van der Waals surface area contributed by atoms with Crippen molar-refractivity contribution in [2.45, 2.75) is 71.1 Å². The Labute approximate surface area is 241 Å². The molecule has 0 spiro atoms. The predicted octanol–water partition coefficient (Wildman–Crippen LogP) is 4.14. The maximum absolute atomic E-state index is 14.1. The van der Waals surface area contributed by atoms with Crippen molar-refractivity contribution in [1.29, 1.82) is 0 Å². The zero-order valence-corrected chi connectivity index (χ0v) is 24.4. The summed E-state index contributed by atoms with van der Waals surface area (Å²) in [6.07, 6.45) is 6.38.